The fourth-order valence-electron chi connectivity index (χ4n) is 4.47. The van der Waals surface area contributed by atoms with Crippen molar-refractivity contribution in [2.75, 3.05) is 13.7 Å². The quantitative estimate of drug-likeness (QED) is 0.170. The third-order valence-corrected chi connectivity index (χ3v) is 11.3. The molecule has 0 aromatic heterocycles. The van der Waals surface area contributed by atoms with Crippen LogP contribution in [0.1, 0.15) is 65.7 Å². The number of carbonyl (C=O) groups is 1. The van der Waals surface area contributed by atoms with E-state index in [1.165, 1.54) is 17.5 Å². The van der Waals surface area contributed by atoms with Crippen molar-refractivity contribution in [3.8, 4) is 0 Å². The van der Waals surface area contributed by atoms with E-state index in [0.29, 0.717) is 6.42 Å². The van der Waals surface area contributed by atoms with Gasteiger partial charge in [-0.05, 0) is 34.7 Å². The van der Waals surface area contributed by atoms with Crippen LogP contribution in [-0.4, -0.2) is 39.2 Å². The van der Waals surface area contributed by atoms with Crippen molar-refractivity contribution in [3.63, 3.8) is 0 Å². The van der Waals surface area contributed by atoms with Crippen LogP contribution in [0.3, 0.4) is 0 Å². The maximum Gasteiger partial charge on any atom is 0.305 e. The first-order chi connectivity index (χ1) is 16.3. The summed E-state index contributed by atoms with van der Waals surface area (Å²) in [6.45, 7) is 6.70. The summed E-state index contributed by atoms with van der Waals surface area (Å²) in [5.74, 6) is -0.126. The molecule has 0 saturated carbocycles. The van der Waals surface area contributed by atoms with Crippen molar-refractivity contribution in [3.05, 3.63) is 72.8 Å². The fourth-order valence-corrected chi connectivity index (χ4v) is 9.09. The lowest BCUT2D eigenvalue weighted by molar-refractivity contribution is -0.140. The molecule has 0 amide bonds. The number of ether oxygens (including phenoxy) is 1. The van der Waals surface area contributed by atoms with E-state index in [1.54, 1.807) is 0 Å². The minimum absolute atomic E-state index is 0.0471. The Morgan fingerprint density at radius 3 is 1.94 bits per heavy atom. The summed E-state index contributed by atoms with van der Waals surface area (Å²) in [7, 11) is -1.25. The number of methoxy groups -OCH3 is 1. The summed E-state index contributed by atoms with van der Waals surface area (Å²) < 4.78 is 11.7. The van der Waals surface area contributed by atoms with Crippen molar-refractivity contribution < 1.29 is 19.1 Å². The summed E-state index contributed by atoms with van der Waals surface area (Å²) in [5, 5.41) is 12.5. The van der Waals surface area contributed by atoms with E-state index in [4.69, 9.17) is 4.43 Å². The molecule has 186 valence electrons. The van der Waals surface area contributed by atoms with Gasteiger partial charge in [0.25, 0.3) is 8.32 Å². The number of unbranched alkanes of at least 4 members (excludes halogenated alkanes) is 5. The van der Waals surface area contributed by atoms with Gasteiger partial charge in [-0.1, -0.05) is 113 Å². The minimum atomic E-state index is -2.69. The molecule has 0 saturated heterocycles. The number of esters is 1. The maximum atomic E-state index is 11.2. The number of rotatable bonds is 14. The van der Waals surface area contributed by atoms with Crippen molar-refractivity contribution >= 4 is 24.7 Å². The summed E-state index contributed by atoms with van der Waals surface area (Å²) in [5.41, 5.74) is 0. The van der Waals surface area contributed by atoms with Crippen molar-refractivity contribution in [1.29, 1.82) is 0 Å². The molecule has 0 heterocycles. The monoisotopic (exact) mass is 482 g/mol. The fraction of sp³-hybridized carbons (Fsp3) is 0.483. The van der Waals surface area contributed by atoms with Gasteiger partial charge >= 0.3 is 5.97 Å². The second-order valence-electron chi connectivity index (χ2n) is 9.81. The first-order valence-electron chi connectivity index (χ1n) is 12.5. The predicted octanol–water partition coefficient (Wildman–Crippen LogP) is 5.38. The number of carbonyl (C=O) groups excluding carboxylic acids is 1. The van der Waals surface area contributed by atoms with Gasteiger partial charge < -0.3 is 14.3 Å². The lowest BCUT2D eigenvalue weighted by Gasteiger charge is -2.44. The topological polar surface area (TPSA) is 55.8 Å². The average molecular weight is 483 g/mol. The second kappa shape index (κ2) is 14.2. The van der Waals surface area contributed by atoms with Crippen molar-refractivity contribution in [1.82, 2.24) is 0 Å². The van der Waals surface area contributed by atoms with E-state index in [2.05, 4.69) is 80.1 Å². The van der Waals surface area contributed by atoms with Crippen molar-refractivity contribution in [2.24, 2.45) is 0 Å². The van der Waals surface area contributed by atoms with Gasteiger partial charge in [0.05, 0.1) is 19.8 Å². The Morgan fingerprint density at radius 2 is 1.44 bits per heavy atom. The number of benzene rings is 2. The molecule has 0 fully saturated rings. The summed E-state index contributed by atoms with van der Waals surface area (Å²) >= 11 is 0. The van der Waals surface area contributed by atoms with Crippen LogP contribution in [0.5, 0.6) is 0 Å². The largest absolute Gasteiger partial charge is 0.469 e. The normalized spacial score (nSPS) is 13.2. The molecule has 0 aliphatic carbocycles. The zero-order valence-corrected chi connectivity index (χ0v) is 22.3. The molecule has 2 aromatic carbocycles. The summed E-state index contributed by atoms with van der Waals surface area (Å²) in [6.07, 6.45) is 10.6. The number of hydrogen-bond donors (Lipinski definition) is 1. The molecule has 0 bridgehead atoms. The SMILES string of the molecule is COC(=O)CCCCCCC/C=C\[C@@H](CO)O[Si](c1ccccc1)(c1ccccc1)C(C)(C)C. The van der Waals surface area contributed by atoms with Gasteiger partial charge in [-0.15, -0.1) is 0 Å². The van der Waals surface area contributed by atoms with Crippen LogP contribution in [0.4, 0.5) is 0 Å². The van der Waals surface area contributed by atoms with Gasteiger partial charge in [0.2, 0.25) is 0 Å². The number of aliphatic hydroxyl groups excluding tert-OH is 1. The van der Waals surface area contributed by atoms with Crippen LogP contribution in [0, 0.1) is 0 Å². The van der Waals surface area contributed by atoms with Crippen LogP contribution in [0.2, 0.25) is 5.04 Å². The van der Waals surface area contributed by atoms with E-state index in [9.17, 15) is 9.90 Å². The van der Waals surface area contributed by atoms with Crippen LogP contribution in [0.15, 0.2) is 72.8 Å². The maximum absolute atomic E-state index is 11.2. The summed E-state index contributed by atoms with van der Waals surface area (Å²) in [6, 6.07) is 21.0. The van der Waals surface area contributed by atoms with E-state index in [-0.39, 0.29) is 23.7 Å². The van der Waals surface area contributed by atoms with Crippen molar-refractivity contribution in [2.45, 2.75) is 76.9 Å². The van der Waals surface area contributed by atoms with Gasteiger partial charge in [-0.25, -0.2) is 0 Å². The Hall–Kier alpha value is -2.21. The van der Waals surface area contributed by atoms with Crippen LogP contribution in [0.25, 0.3) is 0 Å². The third-order valence-electron chi connectivity index (χ3n) is 6.26. The molecule has 0 aliphatic rings. The second-order valence-corrected chi connectivity index (χ2v) is 14.1. The lowest BCUT2D eigenvalue weighted by atomic mass is 10.1. The smallest absolute Gasteiger partial charge is 0.305 e. The zero-order valence-electron chi connectivity index (χ0n) is 21.3. The molecule has 4 nitrogen and oxygen atoms in total. The molecule has 5 heteroatoms. The van der Waals surface area contributed by atoms with Crippen LogP contribution < -0.4 is 10.4 Å². The third kappa shape index (κ3) is 7.93. The predicted molar refractivity (Wildman–Crippen MR) is 143 cm³/mol. The standard InChI is InChI=1S/C29H42O4Si/c1-29(2,3)34(26-19-13-10-14-20-26,27-21-15-11-16-22-27)33-25(24-30)18-12-8-6-5-7-9-17-23-28(31)32-4/h10-16,18-22,25,30H,5-9,17,23-24H2,1-4H3/b18-12-/t25-/m0/s1. The first kappa shape index (κ1) is 28.0. The minimum Gasteiger partial charge on any atom is -0.469 e. The molecular formula is C29H42O4Si. The zero-order chi connectivity index (χ0) is 24.9. The average Bonchev–Trinajstić information content (AvgIpc) is 2.85. The molecule has 0 spiro atoms. The van der Waals surface area contributed by atoms with Gasteiger partial charge in [0, 0.05) is 6.42 Å². The number of hydrogen-bond acceptors (Lipinski definition) is 4. The molecule has 2 rings (SSSR count). The molecule has 1 atom stereocenters. The van der Waals surface area contributed by atoms with Gasteiger partial charge in [-0.3, -0.25) is 4.79 Å². The molecule has 0 aliphatic heterocycles. The highest BCUT2D eigenvalue weighted by atomic mass is 28.4. The van der Waals surface area contributed by atoms with E-state index in [0.717, 1.165) is 38.5 Å². The van der Waals surface area contributed by atoms with Crippen LogP contribution >= 0.6 is 0 Å². The number of allylic oxidation sites excluding steroid dienone is 1. The Labute approximate surface area is 207 Å². The highest BCUT2D eigenvalue weighted by molar-refractivity contribution is 6.99. The number of aliphatic hydroxyl groups is 1. The first-order valence-corrected chi connectivity index (χ1v) is 14.4. The molecule has 1 N–H and O–H groups in total. The van der Waals surface area contributed by atoms with Gasteiger partial charge in [0.15, 0.2) is 0 Å². The molecular weight excluding hydrogens is 440 g/mol. The van der Waals surface area contributed by atoms with Crippen LogP contribution in [-0.2, 0) is 14.0 Å². The van der Waals surface area contributed by atoms with E-state index >= 15 is 0 Å². The molecule has 0 unspecified atom stereocenters. The highest BCUT2D eigenvalue weighted by Gasteiger charge is 2.51. The van der Waals surface area contributed by atoms with Gasteiger partial charge in [-0.2, -0.15) is 0 Å². The van der Waals surface area contributed by atoms with E-state index in [1.807, 2.05) is 18.2 Å². The Bertz CT molecular complexity index is 819. The lowest BCUT2D eigenvalue weighted by Crippen LogP contribution is -2.67. The molecule has 2 aromatic rings. The Kier molecular flexibility index (Phi) is 11.7. The summed E-state index contributed by atoms with van der Waals surface area (Å²) in [4.78, 5) is 11.2. The Balaban J connectivity index is 2.06. The van der Waals surface area contributed by atoms with Gasteiger partial charge in [0.1, 0.15) is 0 Å². The van der Waals surface area contributed by atoms with E-state index < -0.39 is 8.32 Å². The molecule has 34 heavy (non-hydrogen) atoms. The highest BCUT2D eigenvalue weighted by Crippen LogP contribution is 2.37. The Morgan fingerprint density at radius 1 is 0.912 bits per heavy atom. The molecule has 0 radical (unpaired) electrons.